The Bertz CT molecular complexity index is 515. The van der Waals surface area contributed by atoms with Crippen molar-refractivity contribution in [3.05, 3.63) is 22.7 Å². The fraction of sp³-hybridized carbons (Fsp3) is 0.727. The smallest absolute Gasteiger partial charge is 0.180 e. The van der Waals surface area contributed by atoms with Crippen LogP contribution >= 0.6 is 11.6 Å². The molecule has 0 aliphatic rings. The van der Waals surface area contributed by atoms with Crippen LogP contribution in [0.15, 0.2) is 12.1 Å². The first-order valence-electron chi connectivity index (χ1n) is 10.5. The van der Waals surface area contributed by atoms with Gasteiger partial charge in [0.05, 0.1) is 18.2 Å². The highest BCUT2D eigenvalue weighted by atomic mass is 35.5. The second-order valence-electron chi connectivity index (χ2n) is 7.35. The van der Waals surface area contributed by atoms with Crippen molar-refractivity contribution in [2.75, 3.05) is 33.3 Å². The number of rotatable bonds is 15. The Morgan fingerprint density at radius 1 is 1.04 bits per heavy atom. The zero-order valence-corrected chi connectivity index (χ0v) is 18.7. The van der Waals surface area contributed by atoms with Crippen LogP contribution in [-0.4, -0.2) is 44.3 Å². The van der Waals surface area contributed by atoms with Gasteiger partial charge in [-0.1, -0.05) is 38.3 Å². The topological polar surface area (TPSA) is 33.7 Å². The highest BCUT2D eigenvalue weighted by Crippen LogP contribution is 2.37. The Balaban J connectivity index is 2.45. The zero-order chi connectivity index (χ0) is 20.1. The molecule has 0 amide bonds. The van der Waals surface area contributed by atoms with Crippen molar-refractivity contribution in [1.82, 2.24) is 10.2 Å². The van der Waals surface area contributed by atoms with Gasteiger partial charge in [-0.2, -0.15) is 0 Å². The summed E-state index contributed by atoms with van der Waals surface area (Å²) < 4.78 is 11.2. The Morgan fingerprint density at radius 2 is 1.67 bits per heavy atom. The fourth-order valence-electron chi connectivity index (χ4n) is 2.98. The lowest BCUT2D eigenvalue weighted by Crippen LogP contribution is -2.29. The molecule has 5 heteroatoms. The summed E-state index contributed by atoms with van der Waals surface area (Å²) in [4.78, 5) is 2.60. The first-order valence-corrected chi connectivity index (χ1v) is 10.9. The van der Waals surface area contributed by atoms with Gasteiger partial charge in [0, 0.05) is 6.54 Å². The Labute approximate surface area is 171 Å². The van der Waals surface area contributed by atoms with Gasteiger partial charge >= 0.3 is 0 Å². The quantitative estimate of drug-likeness (QED) is 0.394. The lowest BCUT2D eigenvalue weighted by molar-refractivity contribution is 0.230. The van der Waals surface area contributed by atoms with E-state index in [0.717, 1.165) is 31.6 Å². The maximum absolute atomic E-state index is 6.40. The third kappa shape index (κ3) is 9.68. The minimum absolute atomic E-state index is 0.0590. The van der Waals surface area contributed by atoms with Crippen LogP contribution in [0.4, 0.5) is 0 Å². The molecule has 1 rings (SSSR count). The number of nitrogens with zero attached hydrogens (tertiary/aromatic N) is 1. The van der Waals surface area contributed by atoms with Crippen molar-refractivity contribution in [2.24, 2.45) is 0 Å². The van der Waals surface area contributed by atoms with Gasteiger partial charge in [0.25, 0.3) is 0 Å². The number of unbranched alkanes of at least 4 members (excludes halogenated alkanes) is 2. The summed E-state index contributed by atoms with van der Waals surface area (Å²) in [6, 6.07) is 3.97. The number of hydrogen-bond donors (Lipinski definition) is 1. The molecule has 1 N–H and O–H groups in total. The molecule has 0 heterocycles. The molecule has 0 aromatic heterocycles. The van der Waals surface area contributed by atoms with Crippen LogP contribution in [0.25, 0.3) is 0 Å². The molecule has 156 valence electrons. The van der Waals surface area contributed by atoms with E-state index in [-0.39, 0.29) is 6.10 Å². The van der Waals surface area contributed by atoms with Crippen LogP contribution in [0.1, 0.15) is 65.4 Å². The normalized spacial score (nSPS) is 11.4. The van der Waals surface area contributed by atoms with Gasteiger partial charge < -0.3 is 19.7 Å². The number of hydrogen-bond acceptors (Lipinski definition) is 4. The zero-order valence-electron chi connectivity index (χ0n) is 17.9. The van der Waals surface area contributed by atoms with Gasteiger partial charge in [-0.15, -0.1) is 0 Å². The Morgan fingerprint density at radius 3 is 2.22 bits per heavy atom. The van der Waals surface area contributed by atoms with Crippen LogP contribution in [0, 0.1) is 0 Å². The molecule has 0 aliphatic carbocycles. The van der Waals surface area contributed by atoms with E-state index in [1.807, 2.05) is 26.0 Å². The van der Waals surface area contributed by atoms with E-state index in [9.17, 15) is 0 Å². The molecule has 0 bridgehead atoms. The van der Waals surface area contributed by atoms with Gasteiger partial charge in [-0.05, 0) is 77.0 Å². The molecule has 0 saturated heterocycles. The first-order chi connectivity index (χ1) is 13.0. The first kappa shape index (κ1) is 24.1. The van der Waals surface area contributed by atoms with E-state index in [4.69, 9.17) is 21.1 Å². The molecule has 0 unspecified atom stereocenters. The van der Waals surface area contributed by atoms with Crippen LogP contribution in [0.2, 0.25) is 5.02 Å². The second kappa shape index (κ2) is 14.1. The van der Waals surface area contributed by atoms with E-state index in [1.165, 1.54) is 38.8 Å². The van der Waals surface area contributed by atoms with Crippen LogP contribution in [0.3, 0.4) is 0 Å². The summed E-state index contributed by atoms with van der Waals surface area (Å²) >= 11 is 6.40. The average molecular weight is 399 g/mol. The third-order valence-electron chi connectivity index (χ3n) is 4.46. The summed E-state index contributed by atoms with van der Waals surface area (Å²) in [5, 5.41) is 4.13. The monoisotopic (exact) mass is 398 g/mol. The van der Waals surface area contributed by atoms with E-state index in [1.54, 1.807) is 7.11 Å². The maximum Gasteiger partial charge on any atom is 0.180 e. The summed E-state index contributed by atoms with van der Waals surface area (Å²) in [6.07, 6.45) is 6.33. The number of halogens is 1. The van der Waals surface area contributed by atoms with Crippen molar-refractivity contribution < 1.29 is 9.47 Å². The molecule has 0 atom stereocenters. The molecular weight excluding hydrogens is 360 g/mol. The van der Waals surface area contributed by atoms with E-state index in [0.29, 0.717) is 16.5 Å². The minimum Gasteiger partial charge on any atom is -0.493 e. The van der Waals surface area contributed by atoms with Crippen molar-refractivity contribution in [1.29, 1.82) is 0 Å². The number of nitrogens with one attached hydrogen (secondary N) is 1. The standard InChI is InChI=1S/C22H39ClN2O2/c1-6-8-12-25(13-9-7-2)14-10-11-24-17-19-15-20(23)22(27-18(3)4)21(16-19)26-5/h15-16,18,24H,6-14,17H2,1-5H3. The molecule has 4 nitrogen and oxygen atoms in total. The Kier molecular flexibility index (Phi) is 12.6. The van der Waals surface area contributed by atoms with Crippen LogP contribution in [-0.2, 0) is 6.54 Å². The van der Waals surface area contributed by atoms with E-state index in [2.05, 4.69) is 24.1 Å². The lowest BCUT2D eigenvalue weighted by atomic mass is 10.2. The largest absolute Gasteiger partial charge is 0.493 e. The summed E-state index contributed by atoms with van der Waals surface area (Å²) in [5.41, 5.74) is 1.11. The Hall–Kier alpha value is -0.970. The molecular formula is C22H39ClN2O2. The van der Waals surface area contributed by atoms with Gasteiger partial charge in [-0.25, -0.2) is 0 Å². The SMILES string of the molecule is CCCCN(CCCC)CCCNCc1cc(Cl)c(OC(C)C)c(OC)c1. The van der Waals surface area contributed by atoms with E-state index < -0.39 is 0 Å². The average Bonchev–Trinajstić information content (AvgIpc) is 2.64. The molecule has 0 aliphatic heterocycles. The van der Waals surface area contributed by atoms with Crippen molar-refractivity contribution >= 4 is 11.6 Å². The molecule has 1 aromatic rings. The van der Waals surface area contributed by atoms with Crippen LogP contribution < -0.4 is 14.8 Å². The van der Waals surface area contributed by atoms with Gasteiger partial charge in [0.1, 0.15) is 0 Å². The summed E-state index contributed by atoms with van der Waals surface area (Å²) in [5.74, 6) is 1.32. The molecule has 0 fully saturated rings. The number of benzene rings is 1. The fourth-order valence-corrected chi connectivity index (χ4v) is 3.26. The third-order valence-corrected chi connectivity index (χ3v) is 4.74. The minimum atomic E-state index is 0.0590. The highest BCUT2D eigenvalue weighted by Gasteiger charge is 2.13. The van der Waals surface area contributed by atoms with Gasteiger partial charge in [0.2, 0.25) is 0 Å². The van der Waals surface area contributed by atoms with Crippen molar-refractivity contribution in [2.45, 2.75) is 72.4 Å². The highest BCUT2D eigenvalue weighted by molar-refractivity contribution is 6.32. The van der Waals surface area contributed by atoms with Crippen molar-refractivity contribution in [3.63, 3.8) is 0 Å². The lowest BCUT2D eigenvalue weighted by Gasteiger charge is -2.22. The van der Waals surface area contributed by atoms with Gasteiger partial charge in [-0.3, -0.25) is 0 Å². The molecule has 1 aromatic carbocycles. The maximum atomic E-state index is 6.40. The molecule has 0 spiro atoms. The predicted molar refractivity (Wildman–Crippen MR) is 116 cm³/mol. The van der Waals surface area contributed by atoms with E-state index >= 15 is 0 Å². The summed E-state index contributed by atoms with van der Waals surface area (Å²) in [6.45, 7) is 13.9. The number of ether oxygens (including phenoxy) is 2. The number of methoxy groups -OCH3 is 1. The van der Waals surface area contributed by atoms with Crippen molar-refractivity contribution in [3.8, 4) is 11.5 Å². The molecule has 27 heavy (non-hydrogen) atoms. The second-order valence-corrected chi connectivity index (χ2v) is 7.76. The molecule has 0 saturated carbocycles. The van der Waals surface area contributed by atoms with Gasteiger partial charge in [0.15, 0.2) is 11.5 Å². The molecule has 0 radical (unpaired) electrons. The summed E-state index contributed by atoms with van der Waals surface area (Å²) in [7, 11) is 1.65. The van der Waals surface area contributed by atoms with Crippen LogP contribution in [0.5, 0.6) is 11.5 Å². The predicted octanol–water partition coefficient (Wildman–Crippen LogP) is 5.52.